The van der Waals surface area contributed by atoms with Gasteiger partial charge in [0.05, 0.1) is 18.2 Å². The quantitative estimate of drug-likeness (QED) is 0.801. The number of hydrogen-bond acceptors (Lipinski definition) is 3. The molecule has 0 aliphatic rings. The summed E-state index contributed by atoms with van der Waals surface area (Å²) in [6, 6.07) is 9.26. The van der Waals surface area contributed by atoms with Crippen molar-refractivity contribution in [3.8, 4) is 6.07 Å². The summed E-state index contributed by atoms with van der Waals surface area (Å²) < 4.78 is 4.25. The molecule has 15 heavy (non-hydrogen) atoms. The van der Waals surface area contributed by atoms with Crippen LogP contribution in [-0.4, -0.2) is 25.9 Å². The zero-order valence-electron chi connectivity index (χ0n) is 8.97. The van der Waals surface area contributed by atoms with E-state index in [1.165, 1.54) is 0 Å². The largest absolute Gasteiger partial charge is 0.392 e. The Balaban J connectivity index is 0.000000583. The summed E-state index contributed by atoms with van der Waals surface area (Å²) >= 11 is 0. The molecule has 0 saturated heterocycles. The monoisotopic (exact) mass is 205 g/mol. The minimum Gasteiger partial charge on any atom is -0.392 e. The summed E-state index contributed by atoms with van der Waals surface area (Å²) in [5.74, 6) is 0. The number of rotatable bonds is 2. The van der Waals surface area contributed by atoms with Gasteiger partial charge in [-0.25, -0.2) is 0 Å². The van der Waals surface area contributed by atoms with Crippen molar-refractivity contribution < 1.29 is 9.84 Å². The molecule has 0 saturated carbocycles. The molecule has 0 atom stereocenters. The van der Waals surface area contributed by atoms with Gasteiger partial charge in [-0.1, -0.05) is 24.3 Å². The number of methoxy groups -OCH3 is 1. The fraction of sp³-hybridized carbons (Fsp3) is 0.250. The van der Waals surface area contributed by atoms with Crippen molar-refractivity contribution in [3.05, 3.63) is 41.5 Å². The first-order valence-corrected chi connectivity index (χ1v) is 4.46. The Kier molecular flexibility index (Phi) is 7.97. The zero-order chi connectivity index (χ0) is 11.5. The highest BCUT2D eigenvalue weighted by Crippen LogP contribution is 2.05. The van der Waals surface area contributed by atoms with Crippen molar-refractivity contribution in [1.29, 1.82) is 5.26 Å². The smallest absolute Gasteiger partial charge is 0.0991 e. The minimum atomic E-state index is 0.0246. The van der Waals surface area contributed by atoms with Crippen molar-refractivity contribution in [2.75, 3.05) is 20.8 Å². The Morgan fingerprint density at radius 2 is 2.13 bits per heavy atom. The molecule has 0 unspecified atom stereocenters. The van der Waals surface area contributed by atoms with Gasteiger partial charge in [0.1, 0.15) is 0 Å². The van der Waals surface area contributed by atoms with Gasteiger partial charge in [0, 0.05) is 14.2 Å². The number of ether oxygens (including phenoxy) is 1. The van der Waals surface area contributed by atoms with Crippen molar-refractivity contribution in [1.82, 2.24) is 0 Å². The molecule has 0 fully saturated rings. The van der Waals surface area contributed by atoms with Gasteiger partial charge >= 0.3 is 0 Å². The van der Waals surface area contributed by atoms with Crippen LogP contribution in [0.25, 0.3) is 6.08 Å². The second kappa shape index (κ2) is 8.95. The molecule has 0 spiro atoms. The van der Waals surface area contributed by atoms with Crippen molar-refractivity contribution in [2.24, 2.45) is 0 Å². The number of hydrogen-bond donors (Lipinski definition) is 1. The van der Waals surface area contributed by atoms with Crippen molar-refractivity contribution in [2.45, 2.75) is 0 Å². The van der Waals surface area contributed by atoms with Crippen LogP contribution >= 0.6 is 0 Å². The molecule has 1 N–H and O–H groups in total. The second-order valence-electron chi connectivity index (χ2n) is 2.73. The molecular weight excluding hydrogens is 190 g/mol. The van der Waals surface area contributed by atoms with Crippen LogP contribution in [0.3, 0.4) is 0 Å². The van der Waals surface area contributed by atoms with Gasteiger partial charge in [-0.05, 0) is 17.7 Å². The van der Waals surface area contributed by atoms with Gasteiger partial charge in [-0.2, -0.15) is 5.26 Å². The van der Waals surface area contributed by atoms with E-state index in [9.17, 15) is 0 Å². The Bertz CT molecular complexity index is 340. The van der Waals surface area contributed by atoms with E-state index in [2.05, 4.69) is 4.74 Å². The average molecular weight is 205 g/mol. The molecule has 1 aromatic rings. The highest BCUT2D eigenvalue weighted by molar-refractivity contribution is 5.52. The van der Waals surface area contributed by atoms with Gasteiger partial charge < -0.3 is 9.84 Å². The Morgan fingerprint density at radius 3 is 2.67 bits per heavy atom. The van der Waals surface area contributed by atoms with Crippen LogP contribution in [0.15, 0.2) is 30.3 Å². The summed E-state index contributed by atoms with van der Waals surface area (Å²) in [6.45, 7) is 0.0246. The Labute approximate surface area is 90.2 Å². The average Bonchev–Trinajstić information content (AvgIpc) is 2.28. The lowest BCUT2D eigenvalue weighted by molar-refractivity contribution is 0.277. The molecule has 80 valence electrons. The number of nitrogens with zero attached hydrogens (tertiary/aromatic N) is 1. The molecule has 0 heterocycles. The van der Waals surface area contributed by atoms with Crippen LogP contribution in [0.1, 0.15) is 11.1 Å². The Morgan fingerprint density at radius 1 is 1.47 bits per heavy atom. The molecule has 0 aromatic heterocycles. The van der Waals surface area contributed by atoms with E-state index in [-0.39, 0.29) is 6.61 Å². The van der Waals surface area contributed by atoms with E-state index in [0.29, 0.717) is 5.56 Å². The molecule has 1 rings (SSSR count). The molecule has 3 heteroatoms. The van der Waals surface area contributed by atoms with Gasteiger partial charge in [0.15, 0.2) is 0 Å². The normalized spacial score (nSPS) is 9.20. The third-order valence-corrected chi connectivity index (χ3v) is 1.43. The number of nitriles is 1. The van der Waals surface area contributed by atoms with Crippen LogP contribution in [-0.2, 0) is 4.74 Å². The first-order valence-electron chi connectivity index (χ1n) is 4.46. The molecule has 0 aliphatic heterocycles. The lowest BCUT2D eigenvalue weighted by Gasteiger charge is -1.92. The van der Waals surface area contributed by atoms with E-state index in [1.54, 1.807) is 38.5 Å². The fourth-order valence-corrected chi connectivity index (χ4v) is 0.901. The highest BCUT2D eigenvalue weighted by Gasteiger charge is 1.89. The van der Waals surface area contributed by atoms with Gasteiger partial charge in [0.25, 0.3) is 0 Å². The standard InChI is InChI=1S/C10H9NO.C2H6O/c11-8-10-4-1-3-9(7-10)5-2-6-12;1-3-2/h1-5,7,12H,6H2;1-2H3/b5-2+;. The highest BCUT2D eigenvalue weighted by atomic mass is 16.4. The molecule has 0 aliphatic carbocycles. The van der Waals surface area contributed by atoms with Gasteiger partial charge in [-0.15, -0.1) is 0 Å². The van der Waals surface area contributed by atoms with Crippen LogP contribution in [0.5, 0.6) is 0 Å². The minimum absolute atomic E-state index is 0.0246. The number of benzene rings is 1. The van der Waals surface area contributed by atoms with Crippen molar-refractivity contribution in [3.63, 3.8) is 0 Å². The molecule has 0 bridgehead atoms. The fourth-order valence-electron chi connectivity index (χ4n) is 0.901. The third-order valence-electron chi connectivity index (χ3n) is 1.43. The van der Waals surface area contributed by atoms with E-state index in [1.807, 2.05) is 18.2 Å². The number of aliphatic hydroxyl groups excluding tert-OH is 1. The van der Waals surface area contributed by atoms with E-state index < -0.39 is 0 Å². The Hall–Kier alpha value is -1.63. The first-order chi connectivity index (χ1) is 7.28. The van der Waals surface area contributed by atoms with Crippen LogP contribution in [0.4, 0.5) is 0 Å². The van der Waals surface area contributed by atoms with Gasteiger partial charge in [0.2, 0.25) is 0 Å². The predicted octanol–water partition coefficient (Wildman–Crippen LogP) is 1.83. The van der Waals surface area contributed by atoms with Crippen LogP contribution in [0.2, 0.25) is 0 Å². The lowest BCUT2D eigenvalue weighted by atomic mass is 10.1. The number of aliphatic hydroxyl groups is 1. The molecule has 0 radical (unpaired) electrons. The molecule has 3 nitrogen and oxygen atoms in total. The summed E-state index contributed by atoms with van der Waals surface area (Å²) in [7, 11) is 3.25. The first kappa shape index (κ1) is 13.4. The lowest BCUT2D eigenvalue weighted by Crippen LogP contribution is -1.77. The van der Waals surface area contributed by atoms with E-state index >= 15 is 0 Å². The SMILES string of the molecule is COC.N#Cc1cccc(/C=C/CO)c1. The van der Waals surface area contributed by atoms with E-state index in [0.717, 1.165) is 5.56 Å². The maximum absolute atomic E-state index is 8.56. The van der Waals surface area contributed by atoms with Crippen LogP contribution < -0.4 is 0 Å². The molecular formula is C12H15NO2. The summed E-state index contributed by atoms with van der Waals surface area (Å²) in [4.78, 5) is 0. The maximum atomic E-state index is 8.56. The summed E-state index contributed by atoms with van der Waals surface area (Å²) in [5, 5.41) is 17.1. The predicted molar refractivity (Wildman–Crippen MR) is 60.2 cm³/mol. The van der Waals surface area contributed by atoms with Crippen molar-refractivity contribution >= 4 is 6.08 Å². The third kappa shape index (κ3) is 6.44. The topological polar surface area (TPSA) is 53.2 Å². The van der Waals surface area contributed by atoms with Crippen LogP contribution in [0, 0.1) is 11.3 Å². The summed E-state index contributed by atoms with van der Waals surface area (Å²) in [5.41, 5.74) is 1.57. The molecule has 1 aromatic carbocycles. The zero-order valence-corrected chi connectivity index (χ0v) is 8.97. The maximum Gasteiger partial charge on any atom is 0.0991 e. The summed E-state index contributed by atoms with van der Waals surface area (Å²) in [6.07, 6.45) is 3.41. The van der Waals surface area contributed by atoms with Gasteiger partial charge in [-0.3, -0.25) is 0 Å². The van der Waals surface area contributed by atoms with E-state index in [4.69, 9.17) is 10.4 Å². The molecule has 0 amide bonds. The second-order valence-corrected chi connectivity index (χ2v) is 2.73.